The highest BCUT2D eigenvalue weighted by atomic mass is 35.5. The van der Waals surface area contributed by atoms with E-state index in [9.17, 15) is 0 Å². The monoisotopic (exact) mass is 172 g/mol. The summed E-state index contributed by atoms with van der Waals surface area (Å²) in [4.78, 5) is 0. The van der Waals surface area contributed by atoms with Crippen LogP contribution in [0.4, 0.5) is 0 Å². The largest absolute Gasteiger partial charge is 0.123 e. The van der Waals surface area contributed by atoms with Crippen molar-refractivity contribution in [1.82, 2.24) is 0 Å². The number of alkyl halides is 1. The van der Waals surface area contributed by atoms with Crippen LogP contribution in [0.3, 0.4) is 0 Å². The molecular formula is C10H17Cl. The summed E-state index contributed by atoms with van der Waals surface area (Å²) in [5, 5.41) is 0.391. The highest BCUT2D eigenvalue weighted by Gasteiger charge is 2.16. The van der Waals surface area contributed by atoms with Crippen LogP contribution in [0.2, 0.25) is 0 Å². The second kappa shape index (κ2) is 5.03. The molecular weight excluding hydrogens is 156 g/mol. The Morgan fingerprint density at radius 1 is 1.55 bits per heavy atom. The molecule has 2 radical (unpaired) electrons. The predicted octanol–water partition coefficient (Wildman–Crippen LogP) is 3.60. The van der Waals surface area contributed by atoms with Crippen LogP contribution in [0, 0.1) is 18.8 Å². The molecule has 1 aliphatic carbocycles. The summed E-state index contributed by atoms with van der Waals surface area (Å²) in [6, 6.07) is 0. The highest BCUT2D eigenvalue weighted by molar-refractivity contribution is 6.20. The van der Waals surface area contributed by atoms with E-state index in [0.29, 0.717) is 5.38 Å². The van der Waals surface area contributed by atoms with Gasteiger partial charge in [-0.15, -0.1) is 11.6 Å². The Hall–Kier alpha value is 0.290. The lowest BCUT2D eigenvalue weighted by molar-refractivity contribution is 0.468. The number of halogens is 1. The minimum atomic E-state index is 0.391. The molecule has 11 heavy (non-hydrogen) atoms. The van der Waals surface area contributed by atoms with Crippen molar-refractivity contribution in [3.63, 3.8) is 0 Å². The summed E-state index contributed by atoms with van der Waals surface area (Å²) in [6.45, 7) is 2.16. The normalized spacial score (nSPS) is 23.5. The second-order valence-electron chi connectivity index (χ2n) is 3.34. The third-order valence-corrected chi connectivity index (χ3v) is 2.83. The van der Waals surface area contributed by atoms with Crippen molar-refractivity contribution >= 4 is 11.6 Å². The fraction of sp³-hybridized carbons (Fsp3) is 0.800. The van der Waals surface area contributed by atoms with Crippen molar-refractivity contribution in [2.45, 2.75) is 44.4 Å². The van der Waals surface area contributed by atoms with Crippen LogP contribution < -0.4 is 0 Å². The van der Waals surface area contributed by atoms with Gasteiger partial charge < -0.3 is 0 Å². The summed E-state index contributed by atoms with van der Waals surface area (Å²) in [7, 11) is 0. The average Bonchev–Trinajstić information content (AvgIpc) is 2.06. The third kappa shape index (κ3) is 3.46. The minimum Gasteiger partial charge on any atom is -0.123 e. The zero-order chi connectivity index (χ0) is 8.10. The predicted molar refractivity (Wildman–Crippen MR) is 50.5 cm³/mol. The Kier molecular flexibility index (Phi) is 4.29. The minimum absolute atomic E-state index is 0.391. The Morgan fingerprint density at radius 2 is 2.36 bits per heavy atom. The lowest BCUT2D eigenvalue weighted by Gasteiger charge is -2.22. The smallest absolute Gasteiger partial charge is 0.0336 e. The topological polar surface area (TPSA) is 0 Å². The van der Waals surface area contributed by atoms with Crippen molar-refractivity contribution in [2.75, 3.05) is 0 Å². The van der Waals surface area contributed by atoms with Gasteiger partial charge in [0, 0.05) is 5.38 Å². The molecule has 0 nitrogen and oxygen atoms in total. The zero-order valence-corrected chi connectivity index (χ0v) is 7.98. The summed E-state index contributed by atoms with van der Waals surface area (Å²) >= 11 is 6.06. The first-order valence-electron chi connectivity index (χ1n) is 4.62. The van der Waals surface area contributed by atoms with Crippen LogP contribution in [0.25, 0.3) is 0 Å². The lowest BCUT2D eigenvalue weighted by atomic mass is 9.86. The van der Waals surface area contributed by atoms with E-state index in [-0.39, 0.29) is 0 Å². The molecule has 0 aliphatic heterocycles. The standard InChI is InChI=1S/C10H17Cl/c1-2-10(11)8-9-6-4-3-5-7-9/h4,7,9-10H,2-3,5-6,8H2,1H3. The Morgan fingerprint density at radius 3 is 2.91 bits per heavy atom. The summed E-state index contributed by atoms with van der Waals surface area (Å²) in [5.41, 5.74) is 0. The fourth-order valence-electron chi connectivity index (χ4n) is 1.57. The van der Waals surface area contributed by atoms with Crippen molar-refractivity contribution in [2.24, 2.45) is 5.92 Å². The van der Waals surface area contributed by atoms with Crippen molar-refractivity contribution in [3.05, 3.63) is 12.8 Å². The summed E-state index contributed by atoms with van der Waals surface area (Å²) < 4.78 is 0. The Bertz CT molecular complexity index is 95.0. The van der Waals surface area contributed by atoms with Gasteiger partial charge >= 0.3 is 0 Å². The number of hydrogen-bond donors (Lipinski definition) is 0. The molecule has 1 saturated carbocycles. The van der Waals surface area contributed by atoms with Crippen molar-refractivity contribution in [1.29, 1.82) is 0 Å². The van der Waals surface area contributed by atoms with Crippen LogP contribution in [-0.4, -0.2) is 5.38 Å². The molecule has 0 N–H and O–H groups in total. The van der Waals surface area contributed by atoms with Gasteiger partial charge in [-0.05, 0) is 50.9 Å². The maximum Gasteiger partial charge on any atom is 0.0336 e. The molecule has 0 aromatic heterocycles. The molecule has 2 unspecified atom stereocenters. The van der Waals surface area contributed by atoms with Gasteiger partial charge in [-0.3, -0.25) is 0 Å². The number of rotatable bonds is 3. The fourth-order valence-corrected chi connectivity index (χ4v) is 1.79. The first-order chi connectivity index (χ1) is 5.33. The van der Waals surface area contributed by atoms with Gasteiger partial charge in [-0.1, -0.05) is 6.92 Å². The molecule has 0 heterocycles. The highest BCUT2D eigenvalue weighted by Crippen LogP contribution is 2.27. The van der Waals surface area contributed by atoms with E-state index in [0.717, 1.165) is 12.3 Å². The molecule has 1 rings (SSSR count). The van der Waals surface area contributed by atoms with E-state index in [1.807, 2.05) is 0 Å². The molecule has 1 heteroatoms. The van der Waals surface area contributed by atoms with Gasteiger partial charge in [0.25, 0.3) is 0 Å². The first-order valence-corrected chi connectivity index (χ1v) is 5.05. The Labute approximate surface area is 75.3 Å². The molecule has 0 saturated heterocycles. The molecule has 2 atom stereocenters. The first kappa shape index (κ1) is 9.38. The SMILES string of the molecule is CCC(Cl)CC1[CH]CC[CH]C1. The third-order valence-electron chi connectivity index (χ3n) is 2.34. The van der Waals surface area contributed by atoms with Crippen LogP contribution in [-0.2, 0) is 0 Å². The van der Waals surface area contributed by atoms with Gasteiger partial charge in [0.05, 0.1) is 0 Å². The van der Waals surface area contributed by atoms with Gasteiger partial charge in [0.2, 0.25) is 0 Å². The molecule has 0 aromatic carbocycles. The average molecular weight is 173 g/mol. The Balaban J connectivity index is 2.13. The van der Waals surface area contributed by atoms with Crippen LogP contribution in [0.5, 0.6) is 0 Å². The van der Waals surface area contributed by atoms with Gasteiger partial charge in [0.1, 0.15) is 0 Å². The van der Waals surface area contributed by atoms with Crippen molar-refractivity contribution in [3.8, 4) is 0 Å². The quantitative estimate of drug-likeness (QED) is 0.571. The molecule has 0 spiro atoms. The van der Waals surface area contributed by atoms with Crippen molar-refractivity contribution < 1.29 is 0 Å². The summed E-state index contributed by atoms with van der Waals surface area (Å²) in [6.07, 6.45) is 10.9. The van der Waals surface area contributed by atoms with Gasteiger partial charge in [-0.2, -0.15) is 0 Å². The van der Waals surface area contributed by atoms with Crippen LogP contribution in [0.1, 0.15) is 39.0 Å². The van der Waals surface area contributed by atoms with Gasteiger partial charge in [0.15, 0.2) is 0 Å². The van der Waals surface area contributed by atoms with E-state index in [2.05, 4.69) is 19.8 Å². The van der Waals surface area contributed by atoms with E-state index < -0.39 is 0 Å². The molecule has 64 valence electrons. The maximum absolute atomic E-state index is 6.06. The van der Waals surface area contributed by atoms with E-state index in [1.54, 1.807) is 0 Å². The summed E-state index contributed by atoms with van der Waals surface area (Å²) in [5.74, 6) is 0.770. The number of hydrogen-bond acceptors (Lipinski definition) is 0. The maximum atomic E-state index is 6.06. The molecule has 0 amide bonds. The molecule has 0 aromatic rings. The second-order valence-corrected chi connectivity index (χ2v) is 3.96. The van der Waals surface area contributed by atoms with E-state index >= 15 is 0 Å². The molecule has 1 aliphatic rings. The van der Waals surface area contributed by atoms with Crippen LogP contribution in [0.15, 0.2) is 0 Å². The van der Waals surface area contributed by atoms with Crippen LogP contribution >= 0.6 is 11.6 Å². The van der Waals surface area contributed by atoms with Gasteiger partial charge in [-0.25, -0.2) is 0 Å². The van der Waals surface area contributed by atoms with E-state index in [1.165, 1.54) is 25.7 Å². The van der Waals surface area contributed by atoms with E-state index in [4.69, 9.17) is 11.6 Å². The molecule has 1 fully saturated rings. The zero-order valence-electron chi connectivity index (χ0n) is 7.22. The molecule has 0 bridgehead atoms. The lowest BCUT2D eigenvalue weighted by Crippen LogP contribution is -2.12.